The van der Waals surface area contributed by atoms with Crippen LogP contribution in [-0.2, 0) is 16.6 Å². The second kappa shape index (κ2) is 9.50. The maximum absolute atomic E-state index is 13.8. The first kappa shape index (κ1) is 25.1. The zero-order chi connectivity index (χ0) is 26.6. The second-order valence-electron chi connectivity index (χ2n) is 12.0. The first-order valence-electron chi connectivity index (χ1n) is 14.1. The van der Waals surface area contributed by atoms with E-state index >= 15 is 0 Å². The zero-order valence-electron chi connectivity index (χ0n) is 22.7. The van der Waals surface area contributed by atoms with Gasteiger partial charge in [0.25, 0.3) is 5.91 Å². The number of amides is 1. The molecule has 1 amide bonds. The van der Waals surface area contributed by atoms with Crippen molar-refractivity contribution in [1.82, 2.24) is 9.80 Å². The largest absolute Gasteiger partial charge is 0.508 e. The van der Waals surface area contributed by atoms with Crippen molar-refractivity contribution in [2.75, 3.05) is 19.6 Å². The quantitative estimate of drug-likeness (QED) is 0.463. The van der Waals surface area contributed by atoms with Gasteiger partial charge >= 0.3 is 0 Å². The molecule has 2 fully saturated rings. The van der Waals surface area contributed by atoms with Crippen LogP contribution >= 0.6 is 0 Å². The van der Waals surface area contributed by atoms with Crippen LogP contribution in [0.15, 0.2) is 49.1 Å². The lowest BCUT2D eigenvalue weighted by Gasteiger charge is -2.60. The van der Waals surface area contributed by atoms with Gasteiger partial charge in [0, 0.05) is 47.2 Å². The summed E-state index contributed by atoms with van der Waals surface area (Å²) in [5, 5.41) is 11.0. The van der Waals surface area contributed by atoms with Crippen LogP contribution in [0.4, 0.5) is 0 Å². The number of phenolic OH excluding ortho intramolecular Hbond substituents is 1. The normalized spacial score (nSPS) is 28.6. The van der Waals surface area contributed by atoms with Crippen LogP contribution in [0.5, 0.6) is 11.5 Å². The Morgan fingerprint density at radius 1 is 1.32 bits per heavy atom. The van der Waals surface area contributed by atoms with E-state index in [2.05, 4.69) is 37.2 Å². The number of ether oxygens (including phenoxy) is 1. The van der Waals surface area contributed by atoms with Crippen molar-refractivity contribution in [2.24, 2.45) is 11.8 Å². The van der Waals surface area contributed by atoms with Gasteiger partial charge in [-0.2, -0.15) is 0 Å². The molecule has 2 bridgehead atoms. The average molecular weight is 511 g/mol. The van der Waals surface area contributed by atoms with Gasteiger partial charge in [-0.1, -0.05) is 38.0 Å². The third-order valence-corrected chi connectivity index (χ3v) is 9.34. The molecule has 1 spiro atoms. The topological polar surface area (TPSA) is 53.0 Å². The monoisotopic (exact) mass is 510 g/mol. The summed E-state index contributed by atoms with van der Waals surface area (Å²) in [6.45, 7) is 12.8. The molecule has 2 aliphatic carbocycles. The van der Waals surface area contributed by atoms with E-state index in [1.54, 1.807) is 6.07 Å². The summed E-state index contributed by atoms with van der Waals surface area (Å²) < 4.78 is 6.84. The Morgan fingerprint density at radius 2 is 2.16 bits per heavy atom. The Morgan fingerprint density at radius 3 is 2.92 bits per heavy atom. The Kier molecular flexibility index (Phi) is 6.27. The van der Waals surface area contributed by atoms with Crippen molar-refractivity contribution in [1.29, 1.82) is 0 Å². The number of aryl methyl sites for hydroxylation is 1. The number of nitrogens with zero attached hydrogens (tertiary/aromatic N) is 2. The van der Waals surface area contributed by atoms with Gasteiger partial charge in [0.1, 0.15) is 17.6 Å². The van der Waals surface area contributed by atoms with Crippen LogP contribution in [-0.4, -0.2) is 58.6 Å². The predicted octanol–water partition coefficient (Wildman–Crippen LogP) is 4.83. The number of aromatic hydroxyl groups is 1. The van der Waals surface area contributed by atoms with E-state index in [-0.39, 0.29) is 23.5 Å². The first-order chi connectivity index (χ1) is 18.3. The van der Waals surface area contributed by atoms with Gasteiger partial charge in [0.2, 0.25) is 0 Å². The fraction of sp³-hybridized carbons (Fsp3) is 0.485. The Balaban J connectivity index is 1.40. The number of hydrogen-bond acceptors (Lipinski definition) is 4. The molecule has 5 atom stereocenters. The molecule has 4 aliphatic rings. The number of phenols is 1. The predicted molar refractivity (Wildman–Crippen MR) is 149 cm³/mol. The summed E-state index contributed by atoms with van der Waals surface area (Å²) >= 11 is 0. The summed E-state index contributed by atoms with van der Waals surface area (Å²) in [6, 6.07) is 12.0. The maximum atomic E-state index is 13.8. The molecular weight excluding hydrogens is 472 g/mol. The molecule has 5 nitrogen and oxygen atoms in total. The van der Waals surface area contributed by atoms with Crippen LogP contribution < -0.4 is 4.74 Å². The summed E-state index contributed by atoms with van der Waals surface area (Å²) in [5.74, 6) is 7.99. The van der Waals surface area contributed by atoms with Crippen molar-refractivity contribution < 1.29 is 14.6 Å². The number of rotatable bonds is 5. The molecule has 1 saturated heterocycles. The molecule has 1 saturated carbocycles. The van der Waals surface area contributed by atoms with E-state index in [1.807, 2.05) is 48.2 Å². The summed E-state index contributed by atoms with van der Waals surface area (Å²) in [4.78, 5) is 18.3. The van der Waals surface area contributed by atoms with Crippen molar-refractivity contribution in [3.05, 3.63) is 71.3 Å². The minimum Gasteiger partial charge on any atom is -0.508 e. The summed E-state index contributed by atoms with van der Waals surface area (Å²) in [7, 11) is 0. The minimum absolute atomic E-state index is 0.0555. The molecule has 2 aliphatic heterocycles. The highest BCUT2D eigenvalue weighted by atomic mass is 16.5. The van der Waals surface area contributed by atoms with E-state index in [0.29, 0.717) is 30.2 Å². The Bertz CT molecular complexity index is 1340. The molecule has 2 heterocycles. The summed E-state index contributed by atoms with van der Waals surface area (Å²) in [5.41, 5.74) is 4.06. The molecule has 5 heteroatoms. The van der Waals surface area contributed by atoms with Crippen LogP contribution in [0.3, 0.4) is 0 Å². The molecule has 0 unspecified atom stereocenters. The van der Waals surface area contributed by atoms with Gasteiger partial charge in [0.15, 0.2) is 0 Å². The molecular formula is C33H38N2O3. The van der Waals surface area contributed by atoms with Crippen LogP contribution in [0.2, 0.25) is 0 Å². The fourth-order valence-corrected chi connectivity index (χ4v) is 8.00. The number of benzene rings is 2. The molecule has 2 aromatic carbocycles. The first-order valence-corrected chi connectivity index (χ1v) is 14.1. The second-order valence-corrected chi connectivity index (χ2v) is 12.0. The fourth-order valence-electron chi connectivity index (χ4n) is 8.00. The van der Waals surface area contributed by atoms with Gasteiger partial charge in [-0.3, -0.25) is 9.69 Å². The highest BCUT2D eigenvalue weighted by molar-refractivity contribution is 5.94. The number of piperidine rings is 1. The van der Waals surface area contributed by atoms with Gasteiger partial charge in [0.05, 0.1) is 6.04 Å². The van der Waals surface area contributed by atoms with Crippen LogP contribution in [0.25, 0.3) is 0 Å². The number of hydrogen-bond donors (Lipinski definition) is 1. The molecule has 2 aromatic rings. The number of likely N-dealkylation sites (tertiary alicyclic amines) is 1. The van der Waals surface area contributed by atoms with E-state index in [0.717, 1.165) is 61.2 Å². The van der Waals surface area contributed by atoms with Crippen LogP contribution in [0, 0.1) is 30.6 Å². The van der Waals surface area contributed by atoms with Gasteiger partial charge < -0.3 is 14.7 Å². The highest BCUT2D eigenvalue weighted by Gasteiger charge is 2.66. The lowest BCUT2D eigenvalue weighted by molar-refractivity contribution is -0.137. The molecule has 38 heavy (non-hydrogen) atoms. The SMILES string of the molecule is C=CCN1CC[C@@]23c4c5ccc(O)c4C[C@@H]1[C@@H]2CC[C@H](N(CC(C)C)C(=O)C#Cc1cccc(C)c1)[C@@H]3O5. The highest BCUT2D eigenvalue weighted by Crippen LogP contribution is 2.63. The number of carbonyl (C=O) groups excluding carboxylic acids is 1. The van der Waals surface area contributed by atoms with Gasteiger partial charge in [-0.15, -0.1) is 6.58 Å². The molecule has 1 N–H and O–H groups in total. The third-order valence-electron chi connectivity index (χ3n) is 9.34. The van der Waals surface area contributed by atoms with Gasteiger partial charge in [-0.25, -0.2) is 0 Å². The van der Waals surface area contributed by atoms with E-state index in [1.165, 1.54) is 5.56 Å². The van der Waals surface area contributed by atoms with Gasteiger partial charge in [-0.05, 0) is 80.8 Å². The molecule has 0 radical (unpaired) electrons. The Labute approximate surface area is 226 Å². The van der Waals surface area contributed by atoms with E-state index in [9.17, 15) is 9.90 Å². The third kappa shape index (κ3) is 3.84. The molecule has 0 aromatic heterocycles. The van der Waals surface area contributed by atoms with Crippen molar-refractivity contribution in [3.63, 3.8) is 0 Å². The lowest BCUT2D eigenvalue weighted by Crippen LogP contribution is -2.69. The van der Waals surface area contributed by atoms with Crippen LogP contribution in [0.1, 0.15) is 55.4 Å². The zero-order valence-corrected chi connectivity index (χ0v) is 22.7. The molecule has 6 rings (SSSR count). The minimum atomic E-state index is -0.188. The van der Waals surface area contributed by atoms with Crippen molar-refractivity contribution in [2.45, 2.75) is 70.1 Å². The van der Waals surface area contributed by atoms with E-state index < -0.39 is 0 Å². The van der Waals surface area contributed by atoms with Crippen molar-refractivity contribution in [3.8, 4) is 23.3 Å². The maximum Gasteiger partial charge on any atom is 0.299 e. The average Bonchev–Trinajstić information content (AvgIpc) is 3.22. The number of carbonyl (C=O) groups is 1. The lowest BCUT2D eigenvalue weighted by atomic mass is 9.51. The smallest absolute Gasteiger partial charge is 0.299 e. The van der Waals surface area contributed by atoms with Crippen molar-refractivity contribution >= 4 is 5.91 Å². The van der Waals surface area contributed by atoms with E-state index in [4.69, 9.17) is 4.74 Å². The summed E-state index contributed by atoms with van der Waals surface area (Å²) in [6.07, 6.45) is 5.60. The standard InChI is InChI=1S/C33H38N2O3/c1-5-16-34-17-15-33-25-10-11-26(32(33)38-29-13-12-28(36)24(31(29)33)19-27(25)34)35(20-21(2)3)30(37)14-9-23-8-6-7-22(4)18-23/h5-8,12-13,18,21,25-27,32,36H,1,10-11,15-17,19-20H2,2-4H3/t25-,26-,27+,32-,33-/m0/s1. The Hall–Kier alpha value is -3.23. The molecule has 198 valence electrons.